The van der Waals surface area contributed by atoms with E-state index in [-0.39, 0.29) is 13.0 Å². The summed E-state index contributed by atoms with van der Waals surface area (Å²) in [4.78, 5) is 6.63. The van der Waals surface area contributed by atoms with Crippen molar-refractivity contribution in [3.05, 3.63) is 193 Å². The second-order valence-electron chi connectivity index (χ2n) is 25.0. The molecule has 6 aromatic carbocycles. The molecule has 18 nitrogen and oxygen atoms in total. The molecule has 0 unspecified atom stereocenters. The van der Waals surface area contributed by atoms with Crippen molar-refractivity contribution in [3.63, 3.8) is 0 Å². The van der Waals surface area contributed by atoms with Crippen LogP contribution in [0.3, 0.4) is 0 Å². The van der Waals surface area contributed by atoms with Gasteiger partial charge in [0.15, 0.2) is 0 Å². The topological polar surface area (TPSA) is 219 Å². The highest BCUT2D eigenvalue weighted by atomic mass is 79.9. The number of nitrogens with one attached hydrogen (secondary N) is 2. The summed E-state index contributed by atoms with van der Waals surface area (Å²) in [7, 11) is -10.6. The summed E-state index contributed by atoms with van der Waals surface area (Å²) in [6, 6.07) is 59.3. The van der Waals surface area contributed by atoms with E-state index < -0.39 is 37.1 Å². The molecule has 0 saturated carbocycles. The number of likely N-dealkylation sites (tertiary alicyclic amines) is 1. The Labute approximate surface area is 579 Å². The van der Waals surface area contributed by atoms with Crippen molar-refractivity contribution in [3.8, 4) is 0 Å². The number of hydrogen-bond donors (Lipinski definition) is 5. The predicted octanol–water partition coefficient (Wildman–Crippen LogP) is 11.1. The molecule has 24 heteroatoms. The van der Waals surface area contributed by atoms with Crippen LogP contribution in [0, 0.1) is 23.7 Å². The number of aryl methyl sites for hydroxylation is 1. The Morgan fingerprint density at radius 2 is 0.884 bits per heavy atom. The van der Waals surface area contributed by atoms with Crippen molar-refractivity contribution in [2.45, 2.75) is 84.8 Å². The summed E-state index contributed by atoms with van der Waals surface area (Å²) in [5.41, 5.74) is 6.16. The van der Waals surface area contributed by atoms with E-state index >= 15 is 0 Å². The minimum atomic E-state index is -3.30. The van der Waals surface area contributed by atoms with Gasteiger partial charge < -0.3 is 40.4 Å². The maximum atomic E-state index is 12.3. The molecule has 0 radical (unpaired) electrons. The molecule has 4 aliphatic heterocycles. The number of piperidine rings is 4. The summed E-state index contributed by atoms with van der Waals surface area (Å²) in [5.74, 6) is 1.64. The molecule has 95 heavy (non-hydrogen) atoms. The second kappa shape index (κ2) is 43.5. The molecular weight excluding hydrogens is 1320 g/mol. The Morgan fingerprint density at radius 3 is 1.27 bits per heavy atom. The Bertz CT molecular complexity index is 3360. The van der Waals surface area contributed by atoms with Gasteiger partial charge in [0, 0.05) is 56.5 Å². The van der Waals surface area contributed by atoms with Crippen LogP contribution in [-0.4, -0.2) is 185 Å². The normalized spacial score (nSPS) is 18.5. The minimum Gasteiger partial charge on any atom is -0.437 e. The molecule has 0 amide bonds. The van der Waals surface area contributed by atoms with Gasteiger partial charge in [0.25, 0.3) is 0 Å². The van der Waals surface area contributed by atoms with E-state index in [4.69, 9.17) is 5.21 Å². The van der Waals surface area contributed by atoms with Crippen LogP contribution in [0.2, 0.25) is 13.6 Å². The van der Waals surface area contributed by atoms with E-state index in [2.05, 4.69) is 102 Å². The highest BCUT2D eigenvalue weighted by Crippen LogP contribution is 2.27. The molecule has 4 aliphatic rings. The summed E-state index contributed by atoms with van der Waals surface area (Å²) in [6.07, 6.45) is 16.1. The third-order valence-electron chi connectivity index (χ3n) is 17.0. The first-order valence-corrected chi connectivity index (χ1v) is 40.1. The van der Waals surface area contributed by atoms with Crippen LogP contribution < -0.4 is 23.5 Å². The lowest BCUT2D eigenvalue weighted by molar-refractivity contribution is 0.180. The summed E-state index contributed by atoms with van der Waals surface area (Å²) in [6.45, 7) is 16.5. The molecule has 4 saturated heterocycles. The average Bonchev–Trinajstić information content (AvgIpc) is 1.17. The molecule has 520 valence electrons. The first-order valence-electron chi connectivity index (χ1n) is 33.5. The fraction of sp³-hybridized carbons (Fsp3) is 0.479. The van der Waals surface area contributed by atoms with Crippen LogP contribution in [0.5, 0.6) is 0 Å². The van der Waals surface area contributed by atoms with E-state index in [0.29, 0.717) is 43.1 Å². The van der Waals surface area contributed by atoms with Gasteiger partial charge in [-0.15, -0.1) is 5.16 Å². The monoisotopic (exact) mass is 1430 g/mol. The largest absolute Gasteiger partial charge is 0.437 e. The van der Waals surface area contributed by atoms with Crippen molar-refractivity contribution in [1.82, 2.24) is 19.8 Å². The third kappa shape index (κ3) is 31.5. The van der Waals surface area contributed by atoms with Gasteiger partial charge in [-0.3, -0.25) is 12.9 Å². The molecule has 4 heterocycles. The summed E-state index contributed by atoms with van der Waals surface area (Å²) in [5, 5.41) is 37.2. The van der Waals surface area contributed by atoms with Crippen LogP contribution >= 0.6 is 15.9 Å². The number of halogens is 1. The second-order valence-corrected chi connectivity index (χ2v) is 31.5. The number of anilines is 4. The number of benzene rings is 6. The van der Waals surface area contributed by atoms with Gasteiger partial charge in [-0.2, -0.15) is 0 Å². The Balaban J connectivity index is 0.000000218. The molecule has 5 N–H and O–H groups in total. The Hall–Kier alpha value is -5.79. The van der Waals surface area contributed by atoms with Gasteiger partial charge in [0.1, 0.15) is 0 Å². The zero-order valence-electron chi connectivity index (χ0n) is 56.9. The number of alkyl halides is 1. The third-order valence-corrected chi connectivity index (χ3v) is 20.9. The number of nitrogens with zero attached hydrogens (tertiary/aromatic N) is 7. The lowest BCUT2D eigenvalue weighted by atomic mass is 9.80. The maximum Gasteiger partial charge on any atom is 0.376 e. The molecular formula is C71H106B2BrN9O9S3. The predicted molar refractivity (Wildman–Crippen MR) is 402 cm³/mol. The van der Waals surface area contributed by atoms with E-state index in [0.717, 1.165) is 134 Å². The highest BCUT2D eigenvalue weighted by molar-refractivity contribution is 9.09. The van der Waals surface area contributed by atoms with Crippen LogP contribution in [-0.2, 0) is 42.9 Å². The lowest BCUT2D eigenvalue weighted by Gasteiger charge is -2.36. The smallest absolute Gasteiger partial charge is 0.376 e. The van der Waals surface area contributed by atoms with Crippen LogP contribution in [0.4, 0.5) is 22.7 Å². The zero-order valence-corrected chi connectivity index (χ0v) is 60.9. The first kappa shape index (κ1) is 79.9. The number of hydrogen-bond acceptors (Lipinski definition) is 15. The van der Waals surface area contributed by atoms with Gasteiger partial charge in [-0.05, 0) is 214 Å². The lowest BCUT2D eigenvalue weighted by Crippen LogP contribution is -2.47. The highest BCUT2D eigenvalue weighted by Gasteiger charge is 2.30. The molecule has 6 aromatic rings. The molecule has 0 aliphatic carbocycles. The molecule has 4 atom stereocenters. The van der Waals surface area contributed by atoms with E-state index in [1.54, 1.807) is 18.1 Å². The first-order chi connectivity index (χ1) is 45.6. The molecule has 0 spiro atoms. The molecule has 10 rings (SSSR count). The number of sulfonamides is 3. The van der Waals surface area contributed by atoms with Crippen molar-refractivity contribution >= 4 is 89.1 Å². The van der Waals surface area contributed by atoms with Crippen molar-refractivity contribution in [2.24, 2.45) is 28.8 Å². The van der Waals surface area contributed by atoms with Gasteiger partial charge in [-0.25, -0.2) is 25.3 Å². The van der Waals surface area contributed by atoms with Crippen LogP contribution in [0.25, 0.3) is 0 Å². The van der Waals surface area contributed by atoms with Crippen molar-refractivity contribution in [1.29, 1.82) is 0 Å². The van der Waals surface area contributed by atoms with E-state index in [1.165, 1.54) is 63.2 Å². The standard InChI is InChI=1S/C21H28N2O2S.C14H23BN2O3S.C13H21BN2O.C13H20N2O2S.C8H9Br.C2H5NO/c1-26(24,25)23(21-12-6-3-7-13-21)18-20-11-8-15-22(17-20)16-14-19-9-4-2-5-10-19;1-15(18)16-10-6-7-13(11-16)12-17(21(2,19)20)14-8-4-3-5-9-14;1-14(17)16-9-5-6-12(11-16)10-15-13-7-3-2-4-8-13;1-18(16,17)15(13-7-3-2-4-8-13)11-12-6-5-9-14-10-12;9-7-6-8-4-2-1-3-5-8;1-2-3-4/h2-7,9-10,12-13,20H,8,11,14-18H2,1H3;3-5,8-9,13,18H,6-7,10-12H2,1-2H3;2-4,7-8,12,15,17H,5-6,9-11H2,1H3;2-4,7-8,12,14H,5-6,9-11H2,1H3;1-5H,6-7H2;2,4H,1H3/b;;;;;3-2-/t20-;13-;2*12-;;/m0010../s1. The number of oxime groups is 1. The van der Waals surface area contributed by atoms with Crippen molar-refractivity contribution < 1.29 is 40.5 Å². The maximum absolute atomic E-state index is 12.3. The van der Waals surface area contributed by atoms with E-state index in [9.17, 15) is 35.3 Å². The minimum absolute atomic E-state index is 0.239. The molecule has 4 fully saturated rings. The SMILES string of the molecule is BrCCc1ccccc1.C/C=N\O.CB(O)N1CCC[C@H](CN(c2ccccc2)S(C)(=O)=O)C1.CB(O)N1CCC[C@H](CNc2ccccc2)C1.CS(=O)(=O)N(C[C@H]1CCCN(CCc2ccccc2)C1)c1ccccc1.CS(=O)(=O)N(C[C@H]1CCCNC1)c1ccccc1. The van der Waals surface area contributed by atoms with Gasteiger partial charge in [0.05, 0.1) is 35.8 Å². The summed E-state index contributed by atoms with van der Waals surface area (Å²) < 4.78 is 77.2. The average molecular weight is 1430 g/mol. The zero-order chi connectivity index (χ0) is 68.9. The van der Waals surface area contributed by atoms with Gasteiger partial charge in [0.2, 0.25) is 30.1 Å². The Kier molecular flexibility index (Phi) is 36.6. The van der Waals surface area contributed by atoms with Gasteiger partial charge in [-0.1, -0.05) is 149 Å². The number of para-hydroxylation sites is 4. The van der Waals surface area contributed by atoms with Crippen LogP contribution in [0.15, 0.2) is 187 Å². The molecule has 0 bridgehead atoms. The summed E-state index contributed by atoms with van der Waals surface area (Å²) >= 11 is 3.39. The van der Waals surface area contributed by atoms with Crippen molar-refractivity contribution in [2.75, 3.05) is 127 Å². The molecule has 0 aromatic heterocycles. The quantitative estimate of drug-likeness (QED) is 0.0140. The number of rotatable bonds is 22. The fourth-order valence-electron chi connectivity index (χ4n) is 12.1. The van der Waals surface area contributed by atoms with Crippen LogP contribution in [0.1, 0.15) is 69.4 Å². The fourth-order valence-corrected chi connectivity index (χ4v) is 15.5. The van der Waals surface area contributed by atoms with E-state index in [1.807, 2.05) is 133 Å². The Morgan fingerprint density at radius 1 is 0.526 bits per heavy atom. The van der Waals surface area contributed by atoms with Gasteiger partial charge >= 0.3 is 14.1 Å².